The van der Waals surface area contributed by atoms with Crippen LogP contribution in [0.4, 0.5) is 0 Å². The van der Waals surface area contributed by atoms with E-state index in [1.54, 1.807) is 0 Å². The molecule has 0 aromatic heterocycles. The second-order valence-electron chi connectivity index (χ2n) is 9.90. The van der Waals surface area contributed by atoms with Gasteiger partial charge in [-0.3, -0.25) is 4.79 Å². The monoisotopic (exact) mass is 523 g/mol. The van der Waals surface area contributed by atoms with Crippen molar-refractivity contribution in [3.63, 3.8) is 0 Å². The van der Waals surface area contributed by atoms with Gasteiger partial charge < -0.3 is 55.6 Å². The van der Waals surface area contributed by atoms with Crippen molar-refractivity contribution in [1.82, 2.24) is 5.32 Å². The standard InChI is InChI=1S/C24H45NO11/c26-12-15-19(30)21(32)18(25-15)16(29)10-5-3-1-2-4-8-14(28)9-6-7-11-35-24-23(34)22(33)20(31)17(13-27)36-24/h15-27,29-34H,1-13H2/t15-,16-,17-,18-,19-,20-,21-,22+,23-,24-/m1/s1. The van der Waals surface area contributed by atoms with Gasteiger partial charge >= 0.3 is 0 Å². The van der Waals surface area contributed by atoms with Crippen LogP contribution in [-0.4, -0.2) is 128 Å². The molecule has 12 nitrogen and oxygen atoms in total. The van der Waals surface area contributed by atoms with Crippen molar-refractivity contribution in [2.75, 3.05) is 19.8 Å². The van der Waals surface area contributed by atoms with Crippen LogP contribution in [0.15, 0.2) is 0 Å². The van der Waals surface area contributed by atoms with Crippen LogP contribution in [0.2, 0.25) is 0 Å². The Hall–Kier alpha value is -0.770. The van der Waals surface area contributed by atoms with Crippen molar-refractivity contribution in [3.8, 4) is 0 Å². The lowest BCUT2D eigenvalue weighted by Crippen LogP contribution is -2.59. The minimum absolute atomic E-state index is 0.163. The van der Waals surface area contributed by atoms with Gasteiger partial charge in [-0.25, -0.2) is 0 Å². The molecule has 0 saturated carbocycles. The molecule has 0 amide bonds. The van der Waals surface area contributed by atoms with Crippen LogP contribution >= 0.6 is 0 Å². The number of carbonyl (C=O) groups is 1. The fourth-order valence-corrected chi connectivity index (χ4v) is 4.73. The molecule has 212 valence electrons. The second-order valence-corrected chi connectivity index (χ2v) is 9.90. The fourth-order valence-electron chi connectivity index (χ4n) is 4.73. The van der Waals surface area contributed by atoms with Crippen molar-refractivity contribution in [2.24, 2.45) is 0 Å². The average molecular weight is 524 g/mol. The first kappa shape index (κ1) is 31.4. The summed E-state index contributed by atoms with van der Waals surface area (Å²) in [4.78, 5) is 12.1. The lowest BCUT2D eigenvalue weighted by atomic mass is 9.98. The van der Waals surface area contributed by atoms with E-state index in [1.807, 2.05) is 0 Å². The third-order valence-corrected chi connectivity index (χ3v) is 7.08. The Labute approximate surface area is 211 Å². The molecule has 0 radical (unpaired) electrons. The zero-order valence-corrected chi connectivity index (χ0v) is 20.8. The van der Waals surface area contributed by atoms with Gasteiger partial charge in [0.15, 0.2) is 6.29 Å². The first-order chi connectivity index (χ1) is 17.2. The van der Waals surface area contributed by atoms with E-state index in [0.717, 1.165) is 32.1 Å². The highest BCUT2D eigenvalue weighted by Crippen LogP contribution is 2.23. The zero-order chi connectivity index (χ0) is 26.7. The molecular weight excluding hydrogens is 478 g/mol. The predicted molar refractivity (Wildman–Crippen MR) is 127 cm³/mol. The molecule has 2 aliphatic heterocycles. The lowest BCUT2D eigenvalue weighted by molar-refractivity contribution is -0.301. The maximum absolute atomic E-state index is 12.1. The number of aliphatic hydroxyl groups is 8. The van der Waals surface area contributed by atoms with Crippen LogP contribution in [0.3, 0.4) is 0 Å². The second kappa shape index (κ2) is 16.2. The van der Waals surface area contributed by atoms with Crippen LogP contribution in [0.1, 0.15) is 64.2 Å². The third-order valence-electron chi connectivity index (χ3n) is 7.08. The molecule has 2 rings (SSSR count). The molecule has 9 N–H and O–H groups in total. The molecule has 0 aromatic rings. The lowest BCUT2D eigenvalue weighted by Gasteiger charge is -2.39. The van der Waals surface area contributed by atoms with Crippen LogP contribution in [0, 0.1) is 0 Å². The Bertz CT molecular complexity index is 625. The molecule has 12 heteroatoms. The molecule has 2 saturated heterocycles. The summed E-state index contributed by atoms with van der Waals surface area (Å²) in [6, 6.07) is -1.29. The number of nitrogens with one attached hydrogen (secondary N) is 1. The van der Waals surface area contributed by atoms with E-state index in [9.17, 15) is 45.6 Å². The fraction of sp³-hybridized carbons (Fsp3) is 0.958. The van der Waals surface area contributed by atoms with Gasteiger partial charge in [-0.1, -0.05) is 25.7 Å². The third kappa shape index (κ3) is 9.21. The summed E-state index contributed by atoms with van der Waals surface area (Å²) in [5, 5.41) is 80.7. The number of aliphatic hydroxyl groups excluding tert-OH is 8. The van der Waals surface area contributed by atoms with Crippen molar-refractivity contribution in [1.29, 1.82) is 0 Å². The number of Topliss-reactive ketones (excluding diaryl/α,β-unsaturated/α-hetero) is 1. The molecule has 0 bridgehead atoms. The molecule has 0 aromatic carbocycles. The van der Waals surface area contributed by atoms with Crippen LogP contribution in [-0.2, 0) is 14.3 Å². The summed E-state index contributed by atoms with van der Waals surface area (Å²) in [5.41, 5.74) is 0. The largest absolute Gasteiger partial charge is 0.395 e. The Balaban J connectivity index is 1.45. The van der Waals surface area contributed by atoms with Gasteiger partial charge in [0.25, 0.3) is 0 Å². The predicted octanol–water partition coefficient (Wildman–Crippen LogP) is -2.31. The maximum Gasteiger partial charge on any atom is 0.186 e. The zero-order valence-electron chi connectivity index (χ0n) is 20.8. The van der Waals surface area contributed by atoms with E-state index in [0.29, 0.717) is 32.1 Å². The van der Waals surface area contributed by atoms with Crippen molar-refractivity contribution in [2.45, 2.75) is 125 Å². The summed E-state index contributed by atoms with van der Waals surface area (Å²) in [6.07, 6.45) is -2.68. The topological polar surface area (TPSA) is 209 Å². The van der Waals surface area contributed by atoms with E-state index in [-0.39, 0.29) is 19.0 Å². The molecule has 0 aliphatic carbocycles. The Kier molecular flexibility index (Phi) is 14.2. The van der Waals surface area contributed by atoms with E-state index >= 15 is 0 Å². The molecule has 36 heavy (non-hydrogen) atoms. The highest BCUT2D eigenvalue weighted by atomic mass is 16.7. The van der Waals surface area contributed by atoms with Crippen LogP contribution in [0.5, 0.6) is 0 Å². The van der Waals surface area contributed by atoms with Gasteiger partial charge in [-0.05, 0) is 25.7 Å². The highest BCUT2D eigenvalue weighted by molar-refractivity contribution is 5.78. The van der Waals surface area contributed by atoms with Crippen molar-refractivity contribution >= 4 is 5.78 Å². The summed E-state index contributed by atoms with van der Waals surface area (Å²) in [6.45, 7) is -0.620. The quantitative estimate of drug-likeness (QED) is 0.0921. The molecule has 0 unspecified atom stereocenters. The first-order valence-corrected chi connectivity index (χ1v) is 13.1. The van der Waals surface area contributed by atoms with Gasteiger partial charge in [0.1, 0.15) is 30.2 Å². The molecule has 2 fully saturated rings. The van der Waals surface area contributed by atoms with Gasteiger partial charge in [-0.15, -0.1) is 0 Å². The van der Waals surface area contributed by atoms with Gasteiger partial charge in [0.2, 0.25) is 0 Å². The Morgan fingerprint density at radius 3 is 2.06 bits per heavy atom. The minimum atomic E-state index is -1.47. The molecule has 2 aliphatic rings. The van der Waals surface area contributed by atoms with E-state index in [2.05, 4.69) is 5.32 Å². The summed E-state index contributed by atoms with van der Waals surface area (Å²) < 4.78 is 10.7. The smallest absolute Gasteiger partial charge is 0.186 e. The molecule has 0 spiro atoms. The van der Waals surface area contributed by atoms with Gasteiger partial charge in [0, 0.05) is 19.4 Å². The van der Waals surface area contributed by atoms with E-state index in [1.165, 1.54) is 0 Å². The SMILES string of the molecule is O=C(CCCCCCC[C@@H](O)[C@H]1N[C@H](CO)[C@@H](O)[C@@H]1O)CCCCO[C@@H]1O[C@H](CO)[C@@H](O)[C@H](O)[C@H]1O. The number of unbranched alkanes of at least 4 members (excludes halogenated alkanes) is 5. The van der Waals surface area contributed by atoms with E-state index < -0.39 is 67.7 Å². The van der Waals surface area contributed by atoms with E-state index in [4.69, 9.17) is 9.47 Å². The van der Waals surface area contributed by atoms with Gasteiger partial charge in [-0.2, -0.15) is 0 Å². The number of rotatable bonds is 17. The maximum atomic E-state index is 12.1. The number of ether oxygens (including phenoxy) is 2. The number of hydrogen-bond donors (Lipinski definition) is 9. The molecule has 10 atom stereocenters. The van der Waals surface area contributed by atoms with Crippen LogP contribution in [0.25, 0.3) is 0 Å². The number of carbonyl (C=O) groups excluding carboxylic acids is 1. The summed E-state index contributed by atoms with van der Waals surface area (Å²) in [7, 11) is 0. The minimum Gasteiger partial charge on any atom is -0.395 e. The summed E-state index contributed by atoms with van der Waals surface area (Å²) in [5.74, 6) is 0.163. The first-order valence-electron chi connectivity index (χ1n) is 13.1. The molecular formula is C24H45NO11. The Morgan fingerprint density at radius 1 is 0.778 bits per heavy atom. The number of ketones is 1. The van der Waals surface area contributed by atoms with Crippen LogP contribution < -0.4 is 5.32 Å². The highest BCUT2D eigenvalue weighted by Gasteiger charge is 2.44. The Morgan fingerprint density at radius 2 is 1.42 bits per heavy atom. The van der Waals surface area contributed by atoms with Crippen molar-refractivity contribution in [3.05, 3.63) is 0 Å². The summed E-state index contributed by atoms with van der Waals surface area (Å²) >= 11 is 0. The number of hydrogen-bond acceptors (Lipinski definition) is 12. The average Bonchev–Trinajstić information content (AvgIpc) is 3.16. The van der Waals surface area contributed by atoms with Gasteiger partial charge in [0.05, 0.1) is 43.6 Å². The van der Waals surface area contributed by atoms with Crippen molar-refractivity contribution < 1.29 is 55.1 Å². The molecule has 2 heterocycles. The normalized spacial score (nSPS) is 35.7.